The number of hydrogen-bond donors (Lipinski definition) is 0. The number of rotatable bonds is 1. The Balaban J connectivity index is 2.10. The van der Waals surface area contributed by atoms with Gasteiger partial charge < -0.3 is 9.80 Å². The first kappa shape index (κ1) is 12.6. The zero-order valence-electron chi connectivity index (χ0n) is 12.0. The molecule has 3 nitrogen and oxygen atoms in total. The third-order valence-electron chi connectivity index (χ3n) is 3.95. The van der Waals surface area contributed by atoms with E-state index in [1.807, 2.05) is 18.2 Å². The van der Waals surface area contributed by atoms with Crippen LogP contribution in [0.15, 0.2) is 36.4 Å². The topological polar surface area (TPSA) is 10.8 Å². The third kappa shape index (κ3) is 1.90. The lowest BCUT2D eigenvalue weighted by molar-refractivity contribution is 0.948. The summed E-state index contributed by atoms with van der Waals surface area (Å²) in [6, 6.07) is 12.4. The normalized spacial score (nSPS) is 13.3. The lowest BCUT2D eigenvalue weighted by Crippen LogP contribution is -2.24. The molecular formula is C17H17N3. The van der Waals surface area contributed by atoms with E-state index in [2.05, 4.69) is 53.7 Å². The summed E-state index contributed by atoms with van der Waals surface area (Å²) in [5, 5.41) is 0. The number of anilines is 3. The average Bonchev–Trinajstić information content (AvgIpc) is 2.78. The molecule has 0 aliphatic carbocycles. The Hall–Kier alpha value is -2.47. The monoisotopic (exact) mass is 263 g/mol. The summed E-state index contributed by atoms with van der Waals surface area (Å²) >= 11 is 0. The first-order valence-electron chi connectivity index (χ1n) is 6.67. The van der Waals surface area contributed by atoms with Crippen LogP contribution in [0.5, 0.6) is 0 Å². The minimum absolute atomic E-state index is 0.688. The SMILES string of the molecule is [C-]#[N+]c1ccc2c(c1)N(c1ccc(C)c(C)c1)CN2C. The Morgan fingerprint density at radius 2 is 1.80 bits per heavy atom. The van der Waals surface area contributed by atoms with Crippen LogP contribution in [-0.2, 0) is 0 Å². The molecule has 1 heterocycles. The van der Waals surface area contributed by atoms with Gasteiger partial charge in [-0.2, -0.15) is 0 Å². The van der Waals surface area contributed by atoms with Crippen molar-refractivity contribution in [3.63, 3.8) is 0 Å². The standard InChI is InChI=1S/C17H17N3/c1-12-5-7-15(9-13(12)2)20-11-19(4)16-8-6-14(18-3)10-17(16)20/h5-10H,11H2,1-2,4H3. The third-order valence-corrected chi connectivity index (χ3v) is 3.95. The molecule has 0 amide bonds. The maximum Gasteiger partial charge on any atom is 0.189 e. The Bertz CT molecular complexity index is 713. The molecule has 0 aromatic heterocycles. The van der Waals surface area contributed by atoms with Gasteiger partial charge in [0.25, 0.3) is 0 Å². The molecule has 1 aliphatic rings. The molecule has 0 spiro atoms. The minimum Gasteiger partial charge on any atom is -0.355 e. The van der Waals surface area contributed by atoms with Crippen molar-refractivity contribution in [3.8, 4) is 0 Å². The number of fused-ring (bicyclic) bond motifs is 1. The van der Waals surface area contributed by atoms with E-state index in [1.165, 1.54) is 22.5 Å². The molecule has 0 bridgehead atoms. The molecule has 0 saturated carbocycles. The molecule has 0 atom stereocenters. The maximum absolute atomic E-state index is 7.18. The highest BCUT2D eigenvalue weighted by Crippen LogP contribution is 2.42. The van der Waals surface area contributed by atoms with E-state index in [0.29, 0.717) is 5.69 Å². The van der Waals surface area contributed by atoms with Crippen LogP contribution in [0.2, 0.25) is 0 Å². The number of benzene rings is 2. The highest BCUT2D eigenvalue weighted by Gasteiger charge is 2.24. The van der Waals surface area contributed by atoms with Crippen LogP contribution in [0.25, 0.3) is 4.85 Å². The average molecular weight is 263 g/mol. The lowest BCUT2D eigenvalue weighted by atomic mass is 10.1. The van der Waals surface area contributed by atoms with Gasteiger partial charge in [0.15, 0.2) is 5.69 Å². The van der Waals surface area contributed by atoms with Crippen molar-refractivity contribution in [3.05, 3.63) is 58.9 Å². The second kappa shape index (κ2) is 4.57. The summed E-state index contributed by atoms with van der Waals surface area (Å²) in [5.74, 6) is 0. The quantitative estimate of drug-likeness (QED) is 0.706. The first-order valence-corrected chi connectivity index (χ1v) is 6.67. The smallest absolute Gasteiger partial charge is 0.189 e. The van der Waals surface area contributed by atoms with Gasteiger partial charge >= 0.3 is 0 Å². The molecule has 3 heteroatoms. The lowest BCUT2D eigenvalue weighted by Gasteiger charge is -2.20. The fourth-order valence-corrected chi connectivity index (χ4v) is 2.60. The van der Waals surface area contributed by atoms with Crippen LogP contribution in [0, 0.1) is 20.4 Å². The molecule has 0 N–H and O–H groups in total. The van der Waals surface area contributed by atoms with Gasteiger partial charge in [-0.25, -0.2) is 4.85 Å². The molecule has 1 aliphatic heterocycles. The van der Waals surface area contributed by atoms with Crippen LogP contribution < -0.4 is 9.80 Å². The number of nitrogens with zero attached hydrogens (tertiary/aromatic N) is 3. The van der Waals surface area contributed by atoms with Crippen LogP contribution in [0.3, 0.4) is 0 Å². The number of aryl methyl sites for hydroxylation is 2. The molecule has 0 fully saturated rings. The molecule has 0 saturated heterocycles. The van der Waals surface area contributed by atoms with Crippen molar-refractivity contribution < 1.29 is 0 Å². The summed E-state index contributed by atoms with van der Waals surface area (Å²) < 4.78 is 0. The van der Waals surface area contributed by atoms with Crippen LogP contribution in [0.4, 0.5) is 22.7 Å². The molecule has 0 radical (unpaired) electrons. The summed E-state index contributed by atoms with van der Waals surface area (Å²) in [6.07, 6.45) is 0. The van der Waals surface area contributed by atoms with Crippen molar-refractivity contribution in [2.45, 2.75) is 13.8 Å². The van der Waals surface area contributed by atoms with Gasteiger partial charge in [0.05, 0.1) is 24.6 Å². The van der Waals surface area contributed by atoms with E-state index in [1.54, 1.807) is 0 Å². The van der Waals surface area contributed by atoms with Gasteiger partial charge in [-0.15, -0.1) is 0 Å². The molecule has 3 rings (SSSR count). The largest absolute Gasteiger partial charge is 0.355 e. The van der Waals surface area contributed by atoms with Crippen LogP contribution in [0.1, 0.15) is 11.1 Å². The minimum atomic E-state index is 0.688. The molecule has 100 valence electrons. The highest BCUT2D eigenvalue weighted by atomic mass is 15.4. The summed E-state index contributed by atoms with van der Waals surface area (Å²) in [5.41, 5.74) is 6.75. The van der Waals surface area contributed by atoms with Crippen molar-refractivity contribution in [1.82, 2.24) is 0 Å². The van der Waals surface area contributed by atoms with E-state index in [-0.39, 0.29) is 0 Å². The maximum atomic E-state index is 7.18. The number of hydrogen-bond acceptors (Lipinski definition) is 2. The van der Waals surface area contributed by atoms with Crippen LogP contribution in [-0.4, -0.2) is 13.7 Å². The summed E-state index contributed by atoms with van der Waals surface area (Å²) in [6.45, 7) is 12.3. The summed E-state index contributed by atoms with van der Waals surface area (Å²) in [4.78, 5) is 8.00. The summed E-state index contributed by atoms with van der Waals surface area (Å²) in [7, 11) is 2.08. The predicted molar refractivity (Wildman–Crippen MR) is 84.0 cm³/mol. The first-order chi connectivity index (χ1) is 9.60. The fourth-order valence-electron chi connectivity index (χ4n) is 2.60. The second-order valence-electron chi connectivity index (χ2n) is 5.32. The van der Waals surface area contributed by atoms with Crippen molar-refractivity contribution in [2.75, 3.05) is 23.5 Å². The van der Waals surface area contributed by atoms with Crippen LogP contribution >= 0.6 is 0 Å². The van der Waals surface area contributed by atoms with Gasteiger partial charge in [0.2, 0.25) is 0 Å². The Morgan fingerprint density at radius 1 is 1.00 bits per heavy atom. The zero-order valence-corrected chi connectivity index (χ0v) is 12.0. The molecule has 0 unspecified atom stereocenters. The van der Waals surface area contributed by atoms with Gasteiger partial charge in [-0.3, -0.25) is 0 Å². The Morgan fingerprint density at radius 3 is 2.50 bits per heavy atom. The molecular weight excluding hydrogens is 246 g/mol. The van der Waals surface area contributed by atoms with E-state index in [0.717, 1.165) is 12.4 Å². The Kier molecular flexibility index (Phi) is 2.87. The van der Waals surface area contributed by atoms with Gasteiger partial charge in [0.1, 0.15) is 0 Å². The van der Waals surface area contributed by atoms with Crippen molar-refractivity contribution in [1.29, 1.82) is 0 Å². The highest BCUT2D eigenvalue weighted by molar-refractivity contribution is 5.85. The fraction of sp³-hybridized carbons (Fsp3) is 0.235. The van der Waals surface area contributed by atoms with Crippen molar-refractivity contribution in [2.24, 2.45) is 0 Å². The molecule has 2 aromatic rings. The molecule has 2 aromatic carbocycles. The van der Waals surface area contributed by atoms with E-state index in [4.69, 9.17) is 6.57 Å². The molecule has 20 heavy (non-hydrogen) atoms. The zero-order chi connectivity index (χ0) is 14.3. The Labute approximate surface area is 119 Å². The second-order valence-corrected chi connectivity index (χ2v) is 5.32. The van der Waals surface area contributed by atoms with Gasteiger partial charge in [-0.1, -0.05) is 12.1 Å². The van der Waals surface area contributed by atoms with E-state index >= 15 is 0 Å². The van der Waals surface area contributed by atoms with E-state index in [9.17, 15) is 0 Å². The van der Waals surface area contributed by atoms with Crippen molar-refractivity contribution >= 4 is 22.7 Å². The van der Waals surface area contributed by atoms with Gasteiger partial charge in [-0.05, 0) is 49.2 Å². The predicted octanol–water partition coefficient (Wildman–Crippen LogP) is 4.40. The van der Waals surface area contributed by atoms with E-state index < -0.39 is 0 Å². The van der Waals surface area contributed by atoms with Gasteiger partial charge in [0, 0.05) is 12.7 Å².